The molecule has 10 heteroatoms. The maximum Gasteiger partial charge on any atom is 0.433 e. The largest absolute Gasteiger partial charge is 0.433 e. The Morgan fingerprint density at radius 2 is 1.76 bits per heavy atom. The molecule has 0 aliphatic heterocycles. The number of amides is 1. The average molecular weight is 361 g/mol. The highest BCUT2D eigenvalue weighted by atomic mass is 19.4. The summed E-state index contributed by atoms with van der Waals surface area (Å²) in [5.41, 5.74) is -0.267. The van der Waals surface area contributed by atoms with Gasteiger partial charge < -0.3 is 10.8 Å². The number of nitrogens with zero attached hydrogens (tertiary/aromatic N) is 2. The third kappa shape index (κ3) is 3.58. The first-order valence-electron chi connectivity index (χ1n) is 6.79. The molecule has 1 amide bonds. The lowest BCUT2D eigenvalue weighted by Gasteiger charge is -2.23. The van der Waals surface area contributed by atoms with Gasteiger partial charge in [0.2, 0.25) is 5.95 Å². The number of aliphatic hydroxyl groups is 1. The standard InChI is InChI=1S/C15H12F5N3O2/c1-14(2,25)9-7(5-22-12(17)10(9)16)6-3-4-8(15(18,19)20)23-11(6)13(21)24/h3-5,25H,1-2H3,(H2,21,24). The molecule has 0 unspecified atom stereocenters. The van der Waals surface area contributed by atoms with Gasteiger partial charge in [-0.15, -0.1) is 0 Å². The van der Waals surface area contributed by atoms with Crippen LogP contribution in [0.3, 0.4) is 0 Å². The first kappa shape index (κ1) is 18.7. The monoisotopic (exact) mass is 361 g/mol. The van der Waals surface area contributed by atoms with Gasteiger partial charge in [-0.1, -0.05) is 0 Å². The summed E-state index contributed by atoms with van der Waals surface area (Å²) in [5, 5.41) is 10.1. The van der Waals surface area contributed by atoms with Crippen molar-refractivity contribution >= 4 is 5.91 Å². The molecule has 3 N–H and O–H groups in total. The molecule has 0 aliphatic carbocycles. The van der Waals surface area contributed by atoms with E-state index in [9.17, 15) is 31.9 Å². The zero-order valence-electron chi connectivity index (χ0n) is 12.9. The molecule has 2 heterocycles. The average Bonchev–Trinajstić information content (AvgIpc) is 2.47. The van der Waals surface area contributed by atoms with E-state index in [2.05, 4.69) is 9.97 Å². The maximum absolute atomic E-state index is 14.1. The highest BCUT2D eigenvalue weighted by Gasteiger charge is 2.35. The fraction of sp³-hybridized carbons (Fsp3) is 0.267. The fourth-order valence-corrected chi connectivity index (χ4v) is 2.29. The van der Waals surface area contributed by atoms with Crippen LogP contribution in [-0.2, 0) is 11.8 Å². The highest BCUT2D eigenvalue weighted by Crippen LogP contribution is 2.36. The summed E-state index contributed by atoms with van der Waals surface area (Å²) in [6.07, 6.45) is -4.06. The minimum Gasteiger partial charge on any atom is -0.386 e. The molecule has 0 spiro atoms. The van der Waals surface area contributed by atoms with Crippen molar-refractivity contribution in [2.45, 2.75) is 25.6 Å². The number of hydrogen-bond acceptors (Lipinski definition) is 4. The zero-order chi connectivity index (χ0) is 19.2. The van der Waals surface area contributed by atoms with Gasteiger partial charge in [0.25, 0.3) is 5.91 Å². The summed E-state index contributed by atoms with van der Waals surface area (Å²) in [7, 11) is 0. The van der Waals surface area contributed by atoms with Crippen molar-refractivity contribution in [3.05, 3.63) is 47.0 Å². The Bertz CT molecular complexity index is 844. The number of halogens is 5. The second-order valence-corrected chi connectivity index (χ2v) is 5.67. The van der Waals surface area contributed by atoms with Crippen LogP contribution in [0.5, 0.6) is 0 Å². The Morgan fingerprint density at radius 1 is 1.16 bits per heavy atom. The molecular formula is C15H12F5N3O2. The van der Waals surface area contributed by atoms with Crippen molar-refractivity contribution in [2.24, 2.45) is 5.73 Å². The predicted octanol–water partition coefficient (Wildman–Crippen LogP) is 2.77. The second-order valence-electron chi connectivity index (χ2n) is 5.67. The van der Waals surface area contributed by atoms with Crippen molar-refractivity contribution in [2.75, 3.05) is 0 Å². The van der Waals surface area contributed by atoms with Gasteiger partial charge in [-0.3, -0.25) is 4.79 Å². The molecule has 25 heavy (non-hydrogen) atoms. The van der Waals surface area contributed by atoms with Gasteiger partial charge in [0.15, 0.2) is 5.82 Å². The molecule has 0 saturated heterocycles. The number of nitrogens with two attached hydrogens (primary N) is 1. The van der Waals surface area contributed by atoms with E-state index in [-0.39, 0.29) is 11.1 Å². The quantitative estimate of drug-likeness (QED) is 0.650. The van der Waals surface area contributed by atoms with E-state index < -0.39 is 46.4 Å². The van der Waals surface area contributed by atoms with Crippen molar-refractivity contribution < 1.29 is 31.9 Å². The first-order valence-corrected chi connectivity index (χ1v) is 6.79. The molecule has 2 aromatic rings. The lowest BCUT2D eigenvalue weighted by molar-refractivity contribution is -0.141. The Morgan fingerprint density at radius 3 is 2.24 bits per heavy atom. The molecule has 0 radical (unpaired) electrons. The van der Waals surface area contributed by atoms with Crippen molar-refractivity contribution in [3.63, 3.8) is 0 Å². The van der Waals surface area contributed by atoms with Crippen molar-refractivity contribution in [1.82, 2.24) is 9.97 Å². The van der Waals surface area contributed by atoms with Gasteiger partial charge in [-0.25, -0.2) is 14.4 Å². The molecule has 2 aromatic heterocycles. The van der Waals surface area contributed by atoms with E-state index in [1.54, 1.807) is 0 Å². The second kappa shape index (κ2) is 6.03. The van der Waals surface area contributed by atoms with Crippen LogP contribution in [0, 0.1) is 11.8 Å². The number of rotatable bonds is 3. The number of aromatic nitrogens is 2. The van der Waals surface area contributed by atoms with Gasteiger partial charge in [-0.2, -0.15) is 17.6 Å². The minimum atomic E-state index is -4.84. The van der Waals surface area contributed by atoms with Crippen LogP contribution in [0.25, 0.3) is 11.1 Å². The minimum absolute atomic E-state index is 0.304. The van der Waals surface area contributed by atoms with E-state index in [0.717, 1.165) is 26.1 Å². The SMILES string of the molecule is CC(C)(O)c1c(-c2ccc(C(F)(F)F)nc2C(N)=O)cnc(F)c1F. The molecule has 0 saturated carbocycles. The van der Waals surface area contributed by atoms with E-state index in [1.807, 2.05) is 0 Å². The topological polar surface area (TPSA) is 89.1 Å². The fourth-order valence-electron chi connectivity index (χ4n) is 2.29. The lowest BCUT2D eigenvalue weighted by Crippen LogP contribution is -2.23. The molecule has 134 valence electrons. The number of alkyl halides is 3. The number of carbonyl (C=O) groups is 1. The Labute approximate surface area is 138 Å². The molecule has 5 nitrogen and oxygen atoms in total. The summed E-state index contributed by atoms with van der Waals surface area (Å²) in [5.74, 6) is -4.32. The van der Waals surface area contributed by atoms with E-state index in [0.29, 0.717) is 6.07 Å². The third-order valence-electron chi connectivity index (χ3n) is 3.30. The molecule has 0 fully saturated rings. The molecule has 0 aromatic carbocycles. The molecule has 0 bridgehead atoms. The predicted molar refractivity (Wildman–Crippen MR) is 76.1 cm³/mol. The molecule has 0 aliphatic rings. The first-order chi connectivity index (χ1) is 11.3. The maximum atomic E-state index is 14.1. The van der Waals surface area contributed by atoms with Gasteiger partial charge in [0.05, 0.1) is 5.60 Å². The number of hydrogen-bond donors (Lipinski definition) is 2. The van der Waals surface area contributed by atoms with Crippen LogP contribution in [0.4, 0.5) is 22.0 Å². The smallest absolute Gasteiger partial charge is 0.386 e. The lowest BCUT2D eigenvalue weighted by atomic mass is 9.89. The number of primary amides is 1. The van der Waals surface area contributed by atoms with Gasteiger partial charge in [-0.05, 0) is 26.0 Å². The van der Waals surface area contributed by atoms with Gasteiger partial charge >= 0.3 is 6.18 Å². The van der Waals surface area contributed by atoms with Crippen LogP contribution in [-0.4, -0.2) is 21.0 Å². The van der Waals surface area contributed by atoms with Crippen LogP contribution in [0.1, 0.15) is 35.6 Å². The number of carbonyl (C=O) groups excluding carboxylic acids is 1. The van der Waals surface area contributed by atoms with E-state index in [1.165, 1.54) is 0 Å². The Hall–Kier alpha value is -2.62. The zero-order valence-corrected chi connectivity index (χ0v) is 12.9. The summed E-state index contributed by atoms with van der Waals surface area (Å²) in [6, 6.07) is 1.39. The Kier molecular flexibility index (Phi) is 4.51. The van der Waals surface area contributed by atoms with E-state index in [4.69, 9.17) is 5.73 Å². The summed E-state index contributed by atoms with van der Waals surface area (Å²) < 4.78 is 65.9. The van der Waals surface area contributed by atoms with Gasteiger partial charge in [0, 0.05) is 22.9 Å². The van der Waals surface area contributed by atoms with Gasteiger partial charge in [0.1, 0.15) is 11.4 Å². The highest BCUT2D eigenvalue weighted by molar-refractivity contribution is 5.98. The van der Waals surface area contributed by atoms with E-state index >= 15 is 0 Å². The number of pyridine rings is 2. The third-order valence-corrected chi connectivity index (χ3v) is 3.30. The van der Waals surface area contributed by atoms with Crippen LogP contribution < -0.4 is 5.73 Å². The van der Waals surface area contributed by atoms with Crippen LogP contribution in [0.2, 0.25) is 0 Å². The summed E-state index contributed by atoms with van der Waals surface area (Å²) in [4.78, 5) is 17.8. The van der Waals surface area contributed by atoms with Crippen molar-refractivity contribution in [3.8, 4) is 11.1 Å². The summed E-state index contributed by atoms with van der Waals surface area (Å²) in [6.45, 7) is 2.27. The van der Waals surface area contributed by atoms with Crippen molar-refractivity contribution in [1.29, 1.82) is 0 Å². The molecular weight excluding hydrogens is 349 g/mol. The summed E-state index contributed by atoms with van der Waals surface area (Å²) >= 11 is 0. The van der Waals surface area contributed by atoms with Crippen LogP contribution in [0.15, 0.2) is 18.3 Å². The molecule has 2 rings (SSSR count). The Balaban J connectivity index is 2.84. The van der Waals surface area contributed by atoms with Crippen LogP contribution >= 0.6 is 0 Å². The normalized spacial score (nSPS) is 12.3. The molecule has 0 atom stereocenters.